The smallest absolute Gasteiger partial charge is 0.309 e. The van der Waals surface area contributed by atoms with Crippen LogP contribution in [-0.4, -0.2) is 72.9 Å². The molecule has 208 valence electrons. The van der Waals surface area contributed by atoms with Crippen molar-refractivity contribution in [1.29, 1.82) is 0 Å². The van der Waals surface area contributed by atoms with Crippen LogP contribution in [0.5, 0.6) is 0 Å². The second kappa shape index (κ2) is 8.59. The highest BCUT2D eigenvalue weighted by molar-refractivity contribution is 5.95. The zero-order valence-electron chi connectivity index (χ0n) is 22.7. The van der Waals surface area contributed by atoms with Gasteiger partial charge in [0.05, 0.1) is 29.8 Å². The summed E-state index contributed by atoms with van der Waals surface area (Å²) in [6.07, 6.45) is 1.29. The minimum atomic E-state index is -1.44. The number of allylic oxidation sites excluding steroid dienone is 1. The maximum atomic E-state index is 13.4. The number of ketones is 1. The summed E-state index contributed by atoms with van der Waals surface area (Å²) in [5.41, 5.74) is -3.37. The van der Waals surface area contributed by atoms with Crippen LogP contribution in [0.25, 0.3) is 0 Å². The lowest BCUT2D eigenvalue weighted by atomic mass is 9.45. The summed E-state index contributed by atoms with van der Waals surface area (Å²) < 4.78 is 5.74. The number of fused-ring (bicyclic) bond motifs is 5. The number of carbonyl (C=O) groups excluding carboxylic acids is 2. The van der Waals surface area contributed by atoms with Gasteiger partial charge in [-0.1, -0.05) is 20.8 Å². The number of ether oxygens (including phenoxy) is 1. The molecule has 37 heavy (non-hydrogen) atoms. The van der Waals surface area contributed by atoms with Gasteiger partial charge in [-0.05, 0) is 87.7 Å². The van der Waals surface area contributed by atoms with Crippen molar-refractivity contribution >= 4 is 11.8 Å². The summed E-state index contributed by atoms with van der Waals surface area (Å²) in [4.78, 5) is 26.0. The number of aliphatic hydroxyl groups is 5. The van der Waals surface area contributed by atoms with E-state index in [1.54, 1.807) is 26.8 Å². The average molecular weight is 521 g/mol. The van der Waals surface area contributed by atoms with Gasteiger partial charge < -0.3 is 30.3 Å². The van der Waals surface area contributed by atoms with Gasteiger partial charge >= 0.3 is 5.97 Å². The van der Waals surface area contributed by atoms with Crippen molar-refractivity contribution in [2.75, 3.05) is 0 Å². The predicted octanol–water partition coefficient (Wildman–Crippen LogP) is 1.89. The van der Waals surface area contributed by atoms with Crippen LogP contribution in [0.1, 0.15) is 79.6 Å². The van der Waals surface area contributed by atoms with Gasteiger partial charge in [0.1, 0.15) is 11.7 Å². The van der Waals surface area contributed by atoms with Gasteiger partial charge in [0.2, 0.25) is 0 Å². The SMILES string of the molecule is CC(O)C1CC(C(C)(O)[C@H]2CC[C@@]3(O)C4=CC(=O)[C@@H]5C[C@@H](O)[C@@H](O)C[C@]5(C)[C@H]4CC[C@]23C)OC(=O)C1C. The monoisotopic (exact) mass is 520 g/mol. The van der Waals surface area contributed by atoms with Crippen LogP contribution in [0.4, 0.5) is 0 Å². The van der Waals surface area contributed by atoms with Crippen molar-refractivity contribution in [3.63, 3.8) is 0 Å². The minimum absolute atomic E-state index is 0.105. The zero-order chi connectivity index (χ0) is 27.3. The molecule has 1 aliphatic heterocycles. The third kappa shape index (κ3) is 3.65. The van der Waals surface area contributed by atoms with Crippen molar-refractivity contribution in [3.05, 3.63) is 11.6 Å². The number of hydrogen-bond acceptors (Lipinski definition) is 8. The van der Waals surface area contributed by atoms with Crippen molar-refractivity contribution < 1.29 is 39.9 Å². The van der Waals surface area contributed by atoms with E-state index in [-0.39, 0.29) is 24.0 Å². The Kier molecular flexibility index (Phi) is 6.33. The maximum absolute atomic E-state index is 13.4. The molecule has 4 aliphatic carbocycles. The molecule has 8 heteroatoms. The Bertz CT molecular complexity index is 1000. The molecule has 5 aliphatic rings. The van der Waals surface area contributed by atoms with Crippen molar-refractivity contribution in [1.82, 2.24) is 0 Å². The van der Waals surface area contributed by atoms with Crippen LogP contribution in [0.15, 0.2) is 11.6 Å². The highest BCUT2D eigenvalue weighted by atomic mass is 16.6. The second-order valence-electron chi connectivity index (χ2n) is 13.7. The standard InChI is InChI=1S/C29H44O8/c1-14-16(15(2)30)10-24(37-25(14)34)28(5,35)23-7-9-29(36)18-11-20(31)19-12-21(32)22(33)13-26(19,3)17(18)6-8-27(23,29)4/h11,14-17,19,21-24,30,32-33,35-36H,6-10,12-13H2,1-5H3/t14?,15?,16?,17-,19-,21+,22-,23-,24?,26+,27+,28?,29+/m0/s1. The van der Waals surface area contributed by atoms with Gasteiger partial charge in [0.15, 0.2) is 5.78 Å². The lowest BCUT2D eigenvalue weighted by molar-refractivity contribution is -0.210. The summed E-state index contributed by atoms with van der Waals surface area (Å²) in [6, 6.07) is 0. The highest BCUT2D eigenvalue weighted by Crippen LogP contribution is 2.68. The molecule has 0 bridgehead atoms. The summed E-state index contributed by atoms with van der Waals surface area (Å²) in [5.74, 6) is -2.22. The van der Waals surface area contributed by atoms with Crippen LogP contribution in [0.3, 0.4) is 0 Å². The largest absolute Gasteiger partial charge is 0.459 e. The number of hydrogen-bond donors (Lipinski definition) is 5. The quantitative estimate of drug-likeness (QED) is 0.355. The van der Waals surface area contributed by atoms with E-state index in [2.05, 4.69) is 0 Å². The second-order valence-corrected chi connectivity index (χ2v) is 13.7. The number of cyclic esters (lactones) is 1. The zero-order valence-corrected chi connectivity index (χ0v) is 22.7. The summed E-state index contributed by atoms with van der Waals surface area (Å²) in [6.45, 7) is 9.07. The van der Waals surface area contributed by atoms with E-state index in [1.807, 2.05) is 13.8 Å². The number of aliphatic hydroxyl groups excluding tert-OH is 3. The van der Waals surface area contributed by atoms with Crippen LogP contribution in [0, 0.1) is 40.4 Å². The Balaban J connectivity index is 1.48. The van der Waals surface area contributed by atoms with Gasteiger partial charge in [-0.25, -0.2) is 0 Å². The van der Waals surface area contributed by atoms with Crippen molar-refractivity contribution in [3.8, 4) is 0 Å². The first kappa shape index (κ1) is 27.3. The Hall–Kier alpha value is -1.32. The molecule has 4 fully saturated rings. The van der Waals surface area contributed by atoms with E-state index in [1.165, 1.54) is 0 Å². The number of esters is 1. The third-order valence-corrected chi connectivity index (χ3v) is 11.9. The first-order valence-corrected chi connectivity index (χ1v) is 14.0. The summed E-state index contributed by atoms with van der Waals surface area (Å²) in [7, 11) is 0. The molecular weight excluding hydrogens is 476 g/mol. The van der Waals surface area contributed by atoms with Crippen LogP contribution < -0.4 is 0 Å². The highest BCUT2D eigenvalue weighted by Gasteiger charge is 2.69. The lowest BCUT2D eigenvalue weighted by Crippen LogP contribution is -2.63. The molecule has 0 radical (unpaired) electrons. The Morgan fingerprint density at radius 3 is 2.41 bits per heavy atom. The van der Waals surface area contributed by atoms with Crippen molar-refractivity contribution in [2.45, 2.75) is 115 Å². The normalized spacial score (nSPS) is 52.2. The lowest BCUT2D eigenvalue weighted by Gasteiger charge is -2.61. The van der Waals surface area contributed by atoms with Gasteiger partial charge in [-0.2, -0.15) is 0 Å². The first-order chi connectivity index (χ1) is 17.1. The van der Waals surface area contributed by atoms with Gasteiger partial charge in [-0.15, -0.1) is 0 Å². The van der Waals surface area contributed by atoms with Crippen molar-refractivity contribution in [2.24, 2.45) is 40.4 Å². The molecule has 1 saturated heterocycles. The molecule has 0 amide bonds. The summed E-state index contributed by atoms with van der Waals surface area (Å²) >= 11 is 0. The van der Waals surface area contributed by atoms with Gasteiger partial charge in [0, 0.05) is 17.3 Å². The van der Waals surface area contributed by atoms with Gasteiger partial charge in [-0.3, -0.25) is 9.59 Å². The van der Waals surface area contributed by atoms with Crippen LogP contribution in [-0.2, 0) is 14.3 Å². The van der Waals surface area contributed by atoms with E-state index in [9.17, 15) is 35.1 Å². The molecule has 5 N–H and O–H groups in total. The Morgan fingerprint density at radius 1 is 1.08 bits per heavy atom. The molecule has 0 spiro atoms. The van der Waals surface area contributed by atoms with Gasteiger partial charge in [0.25, 0.3) is 0 Å². The maximum Gasteiger partial charge on any atom is 0.309 e. The molecule has 8 nitrogen and oxygen atoms in total. The molecule has 5 rings (SSSR count). The molecule has 3 saturated carbocycles. The van der Waals surface area contributed by atoms with E-state index in [0.717, 1.165) is 0 Å². The molecule has 0 aromatic rings. The molecule has 5 unspecified atom stereocenters. The fourth-order valence-electron chi connectivity index (χ4n) is 9.43. The van der Waals surface area contributed by atoms with E-state index in [4.69, 9.17) is 4.74 Å². The van der Waals surface area contributed by atoms with Crippen LogP contribution in [0.2, 0.25) is 0 Å². The molecular formula is C29H44O8. The predicted molar refractivity (Wildman–Crippen MR) is 134 cm³/mol. The van der Waals surface area contributed by atoms with E-state index < -0.39 is 70.2 Å². The third-order valence-electron chi connectivity index (χ3n) is 11.9. The molecule has 13 atom stereocenters. The van der Waals surface area contributed by atoms with E-state index >= 15 is 0 Å². The fraction of sp³-hybridized carbons (Fsp3) is 0.862. The minimum Gasteiger partial charge on any atom is -0.459 e. The Labute approximate surface area is 219 Å². The van der Waals surface area contributed by atoms with E-state index in [0.29, 0.717) is 44.1 Å². The molecule has 0 aromatic carbocycles. The molecule has 1 heterocycles. The number of rotatable bonds is 3. The fourth-order valence-corrected chi connectivity index (χ4v) is 9.43. The average Bonchev–Trinajstić information content (AvgIpc) is 3.09. The topological polar surface area (TPSA) is 145 Å². The first-order valence-electron chi connectivity index (χ1n) is 14.0. The molecule has 0 aromatic heterocycles. The number of carbonyl (C=O) groups is 2. The Morgan fingerprint density at radius 2 is 1.76 bits per heavy atom. The summed E-state index contributed by atoms with van der Waals surface area (Å²) in [5, 5.41) is 55.5. The van der Waals surface area contributed by atoms with Crippen LogP contribution >= 0.6 is 0 Å².